The van der Waals surface area contributed by atoms with Gasteiger partial charge < -0.3 is 24.8 Å². The van der Waals surface area contributed by atoms with Gasteiger partial charge in [-0.1, -0.05) is 0 Å². The molecule has 0 spiro atoms. The lowest BCUT2D eigenvalue weighted by atomic mass is 10.2. The second kappa shape index (κ2) is 13.2. The number of nitrogens with zero attached hydrogens (tertiary/aromatic N) is 3. The van der Waals surface area contributed by atoms with Crippen LogP contribution in [0.25, 0.3) is 0 Å². The molecule has 3 rings (SSSR count). The number of hydrogen-bond donors (Lipinski definition) is 2. The molecule has 1 fully saturated rings. The van der Waals surface area contributed by atoms with Crippen LogP contribution in [0.5, 0.6) is 17.2 Å². The second-order valence-electron chi connectivity index (χ2n) is 7.12. The summed E-state index contributed by atoms with van der Waals surface area (Å²) < 4.78 is 16.4. The van der Waals surface area contributed by atoms with Crippen LogP contribution in [0, 0.1) is 0 Å². The van der Waals surface area contributed by atoms with E-state index in [1.54, 1.807) is 33.7 Å². The molecule has 0 saturated carbocycles. The van der Waals surface area contributed by atoms with E-state index in [4.69, 9.17) is 14.2 Å². The maximum absolute atomic E-state index is 5.66. The number of nitrogens with one attached hydrogen (secondary N) is 2. The number of ether oxygens (including phenoxy) is 3. The zero-order chi connectivity index (χ0) is 21.2. The number of benzene rings is 1. The van der Waals surface area contributed by atoms with Crippen molar-refractivity contribution < 1.29 is 14.2 Å². The Hall–Kier alpha value is -2.27. The molecule has 8 nitrogen and oxygen atoms in total. The molecule has 0 bridgehead atoms. The minimum absolute atomic E-state index is 0. The normalized spacial score (nSPS) is 16.4. The topological polar surface area (TPSA) is 80.2 Å². The van der Waals surface area contributed by atoms with E-state index in [-0.39, 0.29) is 24.0 Å². The highest BCUT2D eigenvalue weighted by Gasteiger charge is 2.23. The van der Waals surface area contributed by atoms with Crippen molar-refractivity contribution in [1.82, 2.24) is 20.5 Å². The first kappa shape index (κ1) is 25.0. The first-order valence-corrected chi connectivity index (χ1v) is 10.1. The molecule has 2 heterocycles. The van der Waals surface area contributed by atoms with Gasteiger partial charge in [0.15, 0.2) is 5.96 Å². The average molecular weight is 541 g/mol. The Labute approximate surface area is 201 Å². The molecule has 1 saturated heterocycles. The van der Waals surface area contributed by atoms with Crippen LogP contribution in [-0.2, 0) is 6.54 Å². The summed E-state index contributed by atoms with van der Waals surface area (Å²) in [5, 5.41) is 6.81. The van der Waals surface area contributed by atoms with Gasteiger partial charge in [-0.2, -0.15) is 0 Å². The number of pyridine rings is 1. The first-order valence-electron chi connectivity index (χ1n) is 10.1. The number of likely N-dealkylation sites (tertiary alicyclic amines) is 1. The summed E-state index contributed by atoms with van der Waals surface area (Å²) in [6.45, 7) is 4.04. The van der Waals surface area contributed by atoms with Gasteiger partial charge in [-0.25, -0.2) is 0 Å². The molecule has 1 aliphatic rings. The van der Waals surface area contributed by atoms with Crippen molar-refractivity contribution in [1.29, 1.82) is 0 Å². The minimum atomic E-state index is 0. The van der Waals surface area contributed by atoms with E-state index in [2.05, 4.69) is 37.6 Å². The van der Waals surface area contributed by atoms with Crippen molar-refractivity contribution in [3.8, 4) is 17.2 Å². The first-order chi connectivity index (χ1) is 14.7. The number of hydrogen-bond acceptors (Lipinski definition) is 6. The fourth-order valence-electron chi connectivity index (χ4n) is 3.47. The standard InChI is InChI=1S/C22H31N5O3.HI/c1-23-22(25-8-10-30-19-5-4-7-24-14-19)26-18-6-9-27(16-18)15-17-11-20(28-2)13-21(12-17)29-3;/h4-5,7,11-14,18H,6,8-10,15-16H2,1-3H3,(H2,23,25,26);1H. The summed E-state index contributed by atoms with van der Waals surface area (Å²) in [7, 11) is 5.13. The summed E-state index contributed by atoms with van der Waals surface area (Å²) in [6.07, 6.45) is 4.50. The molecule has 0 amide bonds. The molecule has 0 radical (unpaired) electrons. The van der Waals surface area contributed by atoms with Crippen molar-refractivity contribution >= 4 is 29.9 Å². The summed E-state index contributed by atoms with van der Waals surface area (Å²) in [4.78, 5) is 10.8. The fraction of sp³-hybridized carbons (Fsp3) is 0.455. The molecule has 2 aromatic rings. The zero-order valence-electron chi connectivity index (χ0n) is 18.3. The van der Waals surface area contributed by atoms with Crippen LogP contribution >= 0.6 is 24.0 Å². The maximum Gasteiger partial charge on any atom is 0.191 e. The molecular weight excluding hydrogens is 509 g/mol. The van der Waals surface area contributed by atoms with Crippen molar-refractivity contribution in [3.05, 3.63) is 48.3 Å². The molecule has 31 heavy (non-hydrogen) atoms. The number of rotatable bonds is 9. The molecule has 9 heteroatoms. The third-order valence-corrected chi connectivity index (χ3v) is 4.95. The molecule has 0 aliphatic carbocycles. The third kappa shape index (κ3) is 8.06. The van der Waals surface area contributed by atoms with Crippen LogP contribution in [0.15, 0.2) is 47.7 Å². The highest BCUT2D eigenvalue weighted by atomic mass is 127. The summed E-state index contributed by atoms with van der Waals surface area (Å²) in [5.41, 5.74) is 1.18. The van der Waals surface area contributed by atoms with Gasteiger partial charge in [0.05, 0.1) is 27.0 Å². The van der Waals surface area contributed by atoms with Crippen molar-refractivity contribution in [2.24, 2.45) is 4.99 Å². The predicted molar refractivity (Wildman–Crippen MR) is 133 cm³/mol. The van der Waals surface area contributed by atoms with E-state index in [0.717, 1.165) is 49.3 Å². The van der Waals surface area contributed by atoms with E-state index >= 15 is 0 Å². The molecule has 1 aliphatic heterocycles. The Kier molecular flexibility index (Phi) is 10.6. The SMILES string of the molecule is CN=C(NCCOc1cccnc1)NC1CCN(Cc2cc(OC)cc(OC)c2)C1.I. The summed E-state index contributed by atoms with van der Waals surface area (Å²) in [6, 6.07) is 10.1. The number of aliphatic imine (C=N–C) groups is 1. The van der Waals surface area contributed by atoms with E-state index < -0.39 is 0 Å². The summed E-state index contributed by atoms with van der Waals surface area (Å²) >= 11 is 0. The Balaban J connectivity index is 0.00000341. The molecule has 1 unspecified atom stereocenters. The Morgan fingerprint density at radius 1 is 1.19 bits per heavy atom. The van der Waals surface area contributed by atoms with E-state index in [1.165, 1.54) is 5.56 Å². The predicted octanol–water partition coefficient (Wildman–Crippen LogP) is 2.54. The van der Waals surface area contributed by atoms with Gasteiger partial charge in [0.1, 0.15) is 23.9 Å². The average Bonchev–Trinajstić information content (AvgIpc) is 3.22. The smallest absolute Gasteiger partial charge is 0.191 e. The Morgan fingerprint density at radius 2 is 1.97 bits per heavy atom. The minimum Gasteiger partial charge on any atom is -0.497 e. The van der Waals surface area contributed by atoms with E-state index in [0.29, 0.717) is 19.2 Å². The van der Waals surface area contributed by atoms with Gasteiger partial charge in [-0.15, -0.1) is 24.0 Å². The van der Waals surface area contributed by atoms with Crippen molar-refractivity contribution in [2.45, 2.75) is 19.0 Å². The monoisotopic (exact) mass is 541 g/mol. The largest absolute Gasteiger partial charge is 0.497 e. The van der Waals surface area contributed by atoms with Crippen LogP contribution in [-0.4, -0.2) is 69.4 Å². The van der Waals surface area contributed by atoms with Crippen molar-refractivity contribution in [2.75, 3.05) is 47.5 Å². The lowest BCUT2D eigenvalue weighted by Gasteiger charge is -2.19. The Morgan fingerprint density at radius 3 is 2.61 bits per heavy atom. The van der Waals surface area contributed by atoms with E-state index in [1.807, 2.05) is 18.2 Å². The molecular formula is C22H32IN5O3. The van der Waals surface area contributed by atoms with Crippen LogP contribution in [0.3, 0.4) is 0 Å². The number of methoxy groups -OCH3 is 2. The van der Waals surface area contributed by atoms with Gasteiger partial charge in [0.2, 0.25) is 0 Å². The third-order valence-electron chi connectivity index (χ3n) is 4.95. The molecule has 1 aromatic heterocycles. The molecule has 1 aromatic carbocycles. The number of aromatic nitrogens is 1. The van der Waals surface area contributed by atoms with Gasteiger partial charge in [0, 0.05) is 45.0 Å². The number of guanidine groups is 1. The quantitative estimate of drug-likeness (QED) is 0.219. The van der Waals surface area contributed by atoms with Crippen LogP contribution in [0.1, 0.15) is 12.0 Å². The zero-order valence-corrected chi connectivity index (χ0v) is 20.7. The number of halogens is 1. The van der Waals surface area contributed by atoms with E-state index in [9.17, 15) is 0 Å². The van der Waals surface area contributed by atoms with Crippen LogP contribution < -0.4 is 24.8 Å². The second-order valence-corrected chi connectivity index (χ2v) is 7.12. The molecule has 2 N–H and O–H groups in total. The lowest BCUT2D eigenvalue weighted by Crippen LogP contribution is -2.45. The van der Waals surface area contributed by atoms with Crippen molar-refractivity contribution in [3.63, 3.8) is 0 Å². The fourth-order valence-corrected chi connectivity index (χ4v) is 3.47. The summed E-state index contributed by atoms with van der Waals surface area (Å²) in [5.74, 6) is 3.19. The highest BCUT2D eigenvalue weighted by Crippen LogP contribution is 2.24. The maximum atomic E-state index is 5.66. The Bertz CT molecular complexity index is 800. The molecule has 170 valence electrons. The van der Waals surface area contributed by atoms with Gasteiger partial charge in [-0.3, -0.25) is 14.9 Å². The van der Waals surface area contributed by atoms with Crippen LogP contribution in [0.4, 0.5) is 0 Å². The molecule has 1 atom stereocenters. The van der Waals surface area contributed by atoms with Gasteiger partial charge in [-0.05, 0) is 36.2 Å². The highest BCUT2D eigenvalue weighted by molar-refractivity contribution is 14.0. The lowest BCUT2D eigenvalue weighted by molar-refractivity contribution is 0.317. The van der Waals surface area contributed by atoms with Crippen LogP contribution in [0.2, 0.25) is 0 Å². The van der Waals surface area contributed by atoms with Gasteiger partial charge in [0.25, 0.3) is 0 Å². The van der Waals surface area contributed by atoms with Gasteiger partial charge >= 0.3 is 0 Å².